The monoisotopic (exact) mass is 417 g/mol. The number of fused-ring (bicyclic) bond motifs is 1. The van der Waals surface area contributed by atoms with Crippen LogP contribution in [0.4, 0.5) is 4.39 Å². The van der Waals surface area contributed by atoms with E-state index in [0.29, 0.717) is 12.5 Å². The minimum atomic E-state index is -0.292. The van der Waals surface area contributed by atoms with Crippen molar-refractivity contribution in [1.82, 2.24) is 0 Å². The molecule has 4 aromatic rings. The molecule has 0 fully saturated rings. The van der Waals surface area contributed by atoms with E-state index in [2.05, 4.69) is 82.9 Å². The number of halogens is 1. The maximum atomic E-state index is 13.0. The van der Waals surface area contributed by atoms with Gasteiger partial charge in [-0.25, -0.2) is 0 Å². The van der Waals surface area contributed by atoms with Gasteiger partial charge in [-0.3, -0.25) is 4.39 Å². The van der Waals surface area contributed by atoms with E-state index in [4.69, 9.17) is 0 Å². The number of hydrogen-bond donors (Lipinski definition) is 0. The summed E-state index contributed by atoms with van der Waals surface area (Å²) in [4.78, 5) is 3.95. The summed E-state index contributed by atoms with van der Waals surface area (Å²) in [5, 5.41) is 2.19. The van der Waals surface area contributed by atoms with Crippen LogP contribution in [0, 0.1) is 0 Å². The Morgan fingerprint density at radius 1 is 0.931 bits per heavy atom. The highest BCUT2D eigenvalue weighted by Gasteiger charge is 2.60. The first-order chi connectivity index (χ1) is 14.3. The molecule has 0 unspecified atom stereocenters. The molecule has 0 saturated carbocycles. The van der Waals surface area contributed by atoms with Crippen molar-refractivity contribution >= 4 is 22.7 Å². The molecule has 2 aliphatic heterocycles. The molecule has 7 rings (SSSR count). The van der Waals surface area contributed by atoms with Gasteiger partial charge in [0.25, 0.3) is 0 Å². The van der Waals surface area contributed by atoms with Gasteiger partial charge in [-0.05, 0) is 29.1 Å². The minimum Gasteiger partial charge on any atom is -0.251 e. The Bertz CT molecular complexity index is 1130. The number of rotatable bonds is 4. The van der Waals surface area contributed by atoms with Crippen molar-refractivity contribution in [3.8, 4) is 0 Å². The van der Waals surface area contributed by atoms with Crippen molar-refractivity contribution < 1.29 is 8.96 Å². The molecule has 3 atom stereocenters. The van der Waals surface area contributed by atoms with E-state index in [1.807, 2.05) is 22.7 Å². The van der Waals surface area contributed by atoms with E-state index >= 15 is 0 Å². The second-order valence-electron chi connectivity index (χ2n) is 7.97. The second-order valence-corrected chi connectivity index (χ2v) is 10.1. The number of hydrogen-bond acceptors (Lipinski definition) is 2. The molecule has 3 aliphatic rings. The van der Waals surface area contributed by atoms with E-state index < -0.39 is 0 Å². The standard InChI is InChI=1S/C25H21FNS2/c26-13-12-17-10-11-23(29-17)25(22-9-5-15-28-22)16-21-18-6-1-2-7-19(18)24(25)20-8-3-4-14-27(20)21/h1-11,14-15,21,24H,12-13,16H2/q+1/t21-,24+,25+/m0/s1/i26-1. The van der Waals surface area contributed by atoms with Crippen LogP contribution in [0.15, 0.2) is 78.3 Å². The Labute approximate surface area is 178 Å². The van der Waals surface area contributed by atoms with Gasteiger partial charge in [-0.2, -0.15) is 4.57 Å². The van der Waals surface area contributed by atoms with Gasteiger partial charge in [0.15, 0.2) is 17.9 Å². The van der Waals surface area contributed by atoms with Crippen molar-refractivity contribution in [1.29, 1.82) is 0 Å². The van der Waals surface area contributed by atoms with E-state index in [1.54, 1.807) is 0 Å². The molecule has 3 aromatic heterocycles. The topological polar surface area (TPSA) is 3.88 Å². The van der Waals surface area contributed by atoms with Gasteiger partial charge in [-0.15, -0.1) is 22.7 Å². The lowest BCUT2D eigenvalue weighted by Gasteiger charge is -2.48. The number of benzene rings is 1. The van der Waals surface area contributed by atoms with E-state index in [1.165, 1.54) is 26.6 Å². The maximum Gasteiger partial charge on any atom is 0.190 e. The van der Waals surface area contributed by atoms with E-state index in [0.717, 1.165) is 11.3 Å². The molecule has 1 nitrogen and oxygen atoms in total. The Morgan fingerprint density at radius 2 is 1.79 bits per heavy atom. The van der Waals surface area contributed by atoms with Crippen LogP contribution in [0.25, 0.3) is 0 Å². The van der Waals surface area contributed by atoms with Gasteiger partial charge in [0.2, 0.25) is 0 Å². The summed E-state index contributed by atoms with van der Waals surface area (Å²) >= 11 is 3.67. The van der Waals surface area contributed by atoms with Crippen molar-refractivity contribution in [3.63, 3.8) is 0 Å². The Hall–Kier alpha value is -2.30. The van der Waals surface area contributed by atoms with Crippen molar-refractivity contribution in [2.45, 2.75) is 30.2 Å². The molecule has 0 amide bonds. The average molecular weight is 418 g/mol. The predicted octanol–water partition coefficient (Wildman–Crippen LogP) is 6.03. The quantitative estimate of drug-likeness (QED) is 0.357. The zero-order chi connectivity index (χ0) is 19.4. The Morgan fingerprint density at radius 3 is 2.62 bits per heavy atom. The number of aryl methyl sites for hydroxylation is 1. The molecule has 2 bridgehead atoms. The van der Waals surface area contributed by atoms with Crippen molar-refractivity contribution in [2.75, 3.05) is 6.67 Å². The first-order valence-electron chi connectivity index (χ1n) is 10.1. The molecule has 29 heavy (non-hydrogen) atoms. The van der Waals surface area contributed by atoms with Crippen LogP contribution < -0.4 is 4.57 Å². The van der Waals surface area contributed by atoms with Crippen molar-refractivity contribution in [3.05, 3.63) is 110 Å². The smallest absolute Gasteiger partial charge is 0.190 e. The fourth-order valence-corrected chi connectivity index (χ4v) is 7.79. The van der Waals surface area contributed by atoms with Crippen LogP contribution in [-0.2, 0) is 11.8 Å². The molecule has 1 aliphatic carbocycles. The highest BCUT2D eigenvalue weighted by Crippen LogP contribution is 2.61. The molecule has 4 heteroatoms. The van der Waals surface area contributed by atoms with Crippen LogP contribution in [0.5, 0.6) is 0 Å². The summed E-state index contributed by atoms with van der Waals surface area (Å²) in [6.07, 6.45) is 3.80. The fourth-order valence-electron chi connectivity index (χ4n) is 5.52. The van der Waals surface area contributed by atoms with E-state index in [-0.39, 0.29) is 18.0 Å². The van der Waals surface area contributed by atoms with Crippen molar-refractivity contribution in [2.24, 2.45) is 0 Å². The lowest BCUT2D eigenvalue weighted by molar-refractivity contribution is -0.732. The highest BCUT2D eigenvalue weighted by atomic mass is 32.1. The summed E-state index contributed by atoms with van der Waals surface area (Å²) in [5.74, 6) is 0.264. The summed E-state index contributed by atoms with van der Waals surface area (Å²) in [6, 6.07) is 24.8. The molecule has 5 heterocycles. The summed E-state index contributed by atoms with van der Waals surface area (Å²) in [5.41, 5.74) is 4.20. The molecular weight excluding hydrogens is 396 g/mol. The van der Waals surface area contributed by atoms with Gasteiger partial charge in [0, 0.05) is 45.2 Å². The lowest BCUT2D eigenvalue weighted by Crippen LogP contribution is -2.59. The fraction of sp³-hybridized carbons (Fsp3) is 0.240. The third-order valence-electron chi connectivity index (χ3n) is 6.63. The van der Waals surface area contributed by atoms with Crippen LogP contribution in [0.2, 0.25) is 0 Å². The Kier molecular flexibility index (Phi) is 4.00. The number of alkyl halides is 1. The summed E-state index contributed by atoms with van der Waals surface area (Å²) < 4.78 is 15.5. The van der Waals surface area contributed by atoms with Gasteiger partial charge in [0.05, 0.1) is 18.0 Å². The number of nitrogens with zero attached hydrogens (tertiary/aromatic N) is 1. The molecule has 0 spiro atoms. The first kappa shape index (κ1) is 17.5. The summed E-state index contributed by atoms with van der Waals surface area (Å²) in [7, 11) is 0. The molecule has 144 valence electrons. The lowest BCUT2D eigenvalue weighted by atomic mass is 9.57. The second kappa shape index (κ2) is 6.61. The van der Waals surface area contributed by atoms with Crippen LogP contribution in [0.1, 0.15) is 49.8 Å². The third-order valence-corrected chi connectivity index (χ3v) is 9.00. The van der Waals surface area contributed by atoms with Gasteiger partial charge in [-0.1, -0.05) is 36.4 Å². The number of aromatic nitrogens is 1. The zero-order valence-electron chi connectivity index (χ0n) is 15.9. The molecule has 0 radical (unpaired) electrons. The normalized spacial score (nSPS) is 24.3. The molecule has 1 aromatic carbocycles. The van der Waals surface area contributed by atoms with Crippen LogP contribution in [0.3, 0.4) is 0 Å². The van der Waals surface area contributed by atoms with Gasteiger partial charge < -0.3 is 0 Å². The third kappa shape index (κ3) is 2.39. The largest absolute Gasteiger partial charge is 0.251 e. The highest BCUT2D eigenvalue weighted by molar-refractivity contribution is 7.13. The maximum absolute atomic E-state index is 13.0. The average Bonchev–Trinajstić information content (AvgIpc) is 3.47. The van der Waals surface area contributed by atoms with E-state index in [9.17, 15) is 4.39 Å². The Balaban J connectivity index is 1.66. The molecule has 0 N–H and O–H groups in total. The first-order valence-corrected chi connectivity index (χ1v) is 11.8. The summed E-state index contributed by atoms with van der Waals surface area (Å²) in [6.45, 7) is -0.292. The molecule has 0 saturated heterocycles. The van der Waals surface area contributed by atoms with Crippen LogP contribution >= 0.6 is 22.7 Å². The van der Waals surface area contributed by atoms with Gasteiger partial charge >= 0.3 is 0 Å². The molecular formula is C25H21FNS2+. The van der Waals surface area contributed by atoms with Gasteiger partial charge in [0.1, 0.15) is 0 Å². The minimum absolute atomic E-state index is 0.0895. The SMILES string of the molecule is [18F]CCc1ccc([C@]2(c3cccs3)C[C@H]3c4ccccc4[C@@H]2c2cccc[n+]23)s1. The number of thiophene rings is 2. The van der Waals surface area contributed by atoms with Crippen LogP contribution in [-0.4, -0.2) is 6.67 Å². The predicted molar refractivity (Wildman–Crippen MR) is 117 cm³/mol. The number of pyridine rings is 1. The zero-order valence-corrected chi connectivity index (χ0v) is 17.6.